The molecule has 1 N–H and O–H groups in total. The predicted molar refractivity (Wildman–Crippen MR) is 146 cm³/mol. The quantitative estimate of drug-likeness (QED) is 0.263. The molecule has 15 heteroatoms. The van der Waals surface area contributed by atoms with Gasteiger partial charge in [-0.25, -0.2) is 18.7 Å². The smallest absolute Gasteiger partial charge is 0.387 e. The minimum absolute atomic E-state index is 0.0213. The monoisotopic (exact) mass is 615 g/mol. The van der Waals surface area contributed by atoms with Crippen LogP contribution in [0.4, 0.5) is 29.1 Å². The van der Waals surface area contributed by atoms with Crippen LogP contribution in [-0.2, 0) is 4.79 Å². The molecule has 3 aromatic heterocycles. The van der Waals surface area contributed by atoms with E-state index in [4.69, 9.17) is 11.6 Å². The number of rotatable bonds is 8. The third-order valence-electron chi connectivity index (χ3n) is 7.57. The van der Waals surface area contributed by atoms with Gasteiger partial charge in [-0.15, -0.1) is 0 Å². The molecule has 1 unspecified atom stereocenters. The first-order valence-corrected chi connectivity index (χ1v) is 13.5. The van der Waals surface area contributed by atoms with Crippen molar-refractivity contribution in [3.05, 3.63) is 76.6 Å². The summed E-state index contributed by atoms with van der Waals surface area (Å²) in [6, 6.07) is 1.62. The van der Waals surface area contributed by atoms with Crippen LogP contribution in [-0.4, -0.2) is 49.7 Å². The van der Waals surface area contributed by atoms with Crippen molar-refractivity contribution in [2.75, 3.05) is 16.8 Å². The lowest BCUT2D eigenvalue weighted by Crippen LogP contribution is -2.30. The van der Waals surface area contributed by atoms with Crippen LogP contribution in [0, 0.1) is 30.4 Å². The Morgan fingerprint density at radius 2 is 1.95 bits per heavy atom. The lowest BCUT2D eigenvalue weighted by molar-refractivity contribution is -0.118. The first kappa shape index (κ1) is 28.5. The zero-order valence-electron chi connectivity index (χ0n) is 22.6. The van der Waals surface area contributed by atoms with Gasteiger partial charge in [0, 0.05) is 30.4 Å². The average Bonchev–Trinajstić information content (AvgIpc) is 3.48. The first-order valence-electron chi connectivity index (χ1n) is 13.1. The number of alkyl halides is 2. The number of benzene rings is 1. The molecule has 10 nitrogen and oxygen atoms in total. The fourth-order valence-electron chi connectivity index (χ4n) is 5.17. The molecule has 2 amide bonds. The highest BCUT2D eigenvalue weighted by molar-refractivity contribution is 6.31. The van der Waals surface area contributed by atoms with Crippen molar-refractivity contribution in [1.29, 1.82) is 0 Å². The number of hydrogen-bond donors (Lipinski definition) is 1. The van der Waals surface area contributed by atoms with Crippen molar-refractivity contribution >= 4 is 34.9 Å². The Hall–Kier alpha value is -4.59. The highest BCUT2D eigenvalue weighted by Crippen LogP contribution is 2.47. The summed E-state index contributed by atoms with van der Waals surface area (Å²) in [6.45, 7) is 0.597. The van der Waals surface area contributed by atoms with Gasteiger partial charge in [0.2, 0.25) is 5.91 Å². The lowest BCUT2D eigenvalue weighted by Gasteiger charge is -2.21. The molecule has 1 aliphatic carbocycles. The summed E-state index contributed by atoms with van der Waals surface area (Å²) in [7, 11) is 0. The van der Waals surface area contributed by atoms with E-state index in [2.05, 4.69) is 30.1 Å². The van der Waals surface area contributed by atoms with E-state index < -0.39 is 41.5 Å². The Labute approximate surface area is 246 Å². The Bertz CT molecular complexity index is 1770. The summed E-state index contributed by atoms with van der Waals surface area (Å²) >= 11 is 5.83. The van der Waals surface area contributed by atoms with E-state index in [9.17, 15) is 22.8 Å². The predicted octanol–water partition coefficient (Wildman–Crippen LogP) is 5.42. The second-order valence-electron chi connectivity index (χ2n) is 10.3. The minimum Gasteiger partial charge on any atom is -0.434 e. The first-order chi connectivity index (χ1) is 20.5. The summed E-state index contributed by atoms with van der Waals surface area (Å²) in [6.07, 6.45) is 7.41. The van der Waals surface area contributed by atoms with Crippen molar-refractivity contribution in [1.82, 2.24) is 24.7 Å². The molecule has 1 saturated carbocycles. The number of fused-ring (bicyclic) bond motifs is 1. The standard InChI is InChI=1S/C28H22ClF4N7O3/c1-12-17(7-35-25(23(12)30)39-10-14-5-16(14)27(39)42)13(2)40-11-15(6-36-40)37-26(41)20-9-34-8-19(38-20)22-21(43-28(32)33)4-3-18(29)24(22)31/h3-4,6-9,11,13-14,16,28H,5,10H2,1-2H3,(H,37,41)/t13?,14-,16-/m1/s1. The van der Waals surface area contributed by atoms with E-state index in [1.165, 1.54) is 28.2 Å². The molecule has 1 aliphatic heterocycles. The van der Waals surface area contributed by atoms with Gasteiger partial charge in [0.1, 0.15) is 11.4 Å². The Balaban J connectivity index is 1.20. The van der Waals surface area contributed by atoms with Crippen LogP contribution in [0.3, 0.4) is 0 Å². The molecule has 0 bridgehead atoms. The van der Waals surface area contributed by atoms with E-state index in [1.54, 1.807) is 13.8 Å². The Morgan fingerprint density at radius 1 is 1.16 bits per heavy atom. The summed E-state index contributed by atoms with van der Waals surface area (Å²) in [5.74, 6) is -2.75. The zero-order chi connectivity index (χ0) is 30.6. The van der Waals surface area contributed by atoms with Gasteiger partial charge in [0.15, 0.2) is 17.5 Å². The van der Waals surface area contributed by atoms with Crippen LogP contribution in [0.2, 0.25) is 5.02 Å². The van der Waals surface area contributed by atoms with Crippen molar-refractivity contribution in [2.24, 2.45) is 11.8 Å². The molecule has 43 heavy (non-hydrogen) atoms. The summed E-state index contributed by atoms with van der Waals surface area (Å²) in [5, 5.41) is 6.49. The van der Waals surface area contributed by atoms with Gasteiger partial charge in [-0.1, -0.05) is 11.6 Å². The van der Waals surface area contributed by atoms with Gasteiger partial charge >= 0.3 is 6.61 Å². The number of amides is 2. The average molecular weight is 616 g/mol. The summed E-state index contributed by atoms with van der Waals surface area (Å²) < 4.78 is 61.8. The second-order valence-corrected chi connectivity index (χ2v) is 10.7. The molecule has 1 saturated heterocycles. The third-order valence-corrected chi connectivity index (χ3v) is 7.86. The Kier molecular flexibility index (Phi) is 7.24. The van der Waals surface area contributed by atoms with Crippen molar-refractivity contribution in [3.63, 3.8) is 0 Å². The number of nitrogens with one attached hydrogen (secondary N) is 1. The van der Waals surface area contributed by atoms with Crippen LogP contribution in [0.1, 0.15) is 41.0 Å². The van der Waals surface area contributed by atoms with Crippen molar-refractivity contribution in [2.45, 2.75) is 32.9 Å². The number of hydrogen-bond acceptors (Lipinski definition) is 7. The van der Waals surface area contributed by atoms with E-state index >= 15 is 4.39 Å². The van der Waals surface area contributed by atoms with E-state index in [-0.39, 0.29) is 45.7 Å². The maximum Gasteiger partial charge on any atom is 0.387 e. The largest absolute Gasteiger partial charge is 0.434 e. The molecule has 0 spiro atoms. The van der Waals surface area contributed by atoms with Gasteiger partial charge in [-0.05, 0) is 43.9 Å². The minimum atomic E-state index is -3.24. The molecular formula is C28H22ClF4N7O3. The van der Waals surface area contributed by atoms with Gasteiger partial charge in [0.05, 0.1) is 46.6 Å². The number of nitrogens with zero attached hydrogens (tertiary/aromatic N) is 6. The second kappa shape index (κ2) is 10.9. The SMILES string of the molecule is Cc1c(C(C)n2cc(NC(=O)c3cncc(-c4c(OC(F)F)ccc(Cl)c4F)n3)cn2)cnc(N2C[C@H]3C[C@H]3C2=O)c1F. The molecule has 222 valence electrons. The van der Waals surface area contributed by atoms with E-state index in [1.807, 2.05) is 0 Å². The number of piperidine rings is 1. The number of carbonyl (C=O) groups is 2. The molecule has 2 fully saturated rings. The van der Waals surface area contributed by atoms with E-state index in [0.717, 1.165) is 30.9 Å². The van der Waals surface area contributed by atoms with Gasteiger partial charge in [-0.3, -0.25) is 24.2 Å². The number of halogens is 5. The molecule has 2 aliphatic rings. The topological polar surface area (TPSA) is 115 Å². The summed E-state index contributed by atoms with van der Waals surface area (Å²) in [5.41, 5.74) is 0.112. The van der Waals surface area contributed by atoms with Crippen LogP contribution < -0.4 is 15.0 Å². The third kappa shape index (κ3) is 5.26. The molecule has 6 rings (SSSR count). The van der Waals surface area contributed by atoms with Crippen molar-refractivity contribution < 1.29 is 31.9 Å². The molecule has 3 atom stereocenters. The number of aromatic nitrogens is 5. The van der Waals surface area contributed by atoms with Gasteiger partial charge in [-0.2, -0.15) is 13.9 Å². The molecule has 1 aromatic carbocycles. The number of carbonyl (C=O) groups excluding carboxylic acids is 2. The fraction of sp³-hybridized carbons (Fsp3) is 0.286. The molecular weight excluding hydrogens is 594 g/mol. The summed E-state index contributed by atoms with van der Waals surface area (Å²) in [4.78, 5) is 39.0. The molecule has 4 heterocycles. The van der Waals surface area contributed by atoms with Crippen LogP contribution in [0.25, 0.3) is 11.3 Å². The van der Waals surface area contributed by atoms with Gasteiger partial charge < -0.3 is 10.1 Å². The zero-order valence-corrected chi connectivity index (χ0v) is 23.3. The number of ether oxygens (including phenoxy) is 1. The van der Waals surface area contributed by atoms with Crippen molar-refractivity contribution in [3.8, 4) is 17.0 Å². The van der Waals surface area contributed by atoms with E-state index in [0.29, 0.717) is 17.7 Å². The Morgan fingerprint density at radius 3 is 2.67 bits per heavy atom. The maximum atomic E-state index is 15.3. The normalized spacial score (nSPS) is 18.1. The molecule has 4 aromatic rings. The van der Waals surface area contributed by atoms with Crippen LogP contribution >= 0.6 is 11.6 Å². The van der Waals surface area contributed by atoms with Crippen LogP contribution in [0.5, 0.6) is 5.75 Å². The maximum absolute atomic E-state index is 15.3. The highest BCUT2D eigenvalue weighted by atomic mass is 35.5. The fourth-order valence-corrected chi connectivity index (χ4v) is 5.33. The highest BCUT2D eigenvalue weighted by Gasteiger charge is 2.53. The number of anilines is 2. The molecule has 0 radical (unpaired) electrons. The van der Waals surface area contributed by atoms with Gasteiger partial charge in [0.25, 0.3) is 5.91 Å². The van der Waals surface area contributed by atoms with Crippen LogP contribution in [0.15, 0.2) is 43.1 Å². The number of pyridine rings is 1. The lowest BCUT2D eigenvalue weighted by atomic mass is 10.0.